The molecule has 0 fully saturated rings. The summed E-state index contributed by atoms with van der Waals surface area (Å²) >= 11 is 1.61. The molecule has 0 saturated heterocycles. The fraction of sp³-hybridized carbons (Fsp3) is 0.270. The number of thiophene rings is 1. The first-order valence-electron chi connectivity index (χ1n) is 14.5. The highest BCUT2D eigenvalue weighted by Crippen LogP contribution is 2.36. The van der Waals surface area contributed by atoms with Gasteiger partial charge in [0.1, 0.15) is 11.6 Å². The van der Waals surface area contributed by atoms with Crippen molar-refractivity contribution in [3.05, 3.63) is 137 Å². The van der Waals surface area contributed by atoms with Gasteiger partial charge < -0.3 is 15.6 Å². The van der Waals surface area contributed by atoms with E-state index in [1.807, 2.05) is 63.4 Å². The maximum Gasteiger partial charge on any atom is 0.141 e. The molecule has 0 amide bonds. The van der Waals surface area contributed by atoms with E-state index in [2.05, 4.69) is 68.1 Å². The molecule has 3 aromatic rings. The summed E-state index contributed by atoms with van der Waals surface area (Å²) in [4.78, 5) is 8.21. The standard InChI is InChI=1S/C35H41FN4S.C2H6/c1-11-14-29(26-17-18-41-21-26)33-24(6)39-34(40-33)23(5)31-30(37-10)16-15-28(32(31)36)25(12-2)19-27(13-3)38-22(4)20-35(7,8)9;1-2/h11-19,21,37-38H,1,3-5,20H2,2,6-10H3,(H,39,40);1-2H3/b25-12+,27-19+,29-14-;. The lowest BCUT2D eigenvalue weighted by Crippen LogP contribution is -2.16. The Kier molecular flexibility index (Phi) is 13.0. The minimum atomic E-state index is -0.390. The molecule has 0 bridgehead atoms. The number of aryl methyl sites for hydroxylation is 1. The second kappa shape index (κ2) is 15.9. The third-order valence-electron chi connectivity index (χ3n) is 6.47. The van der Waals surface area contributed by atoms with E-state index in [1.54, 1.807) is 36.6 Å². The number of aromatic amines is 1. The van der Waals surface area contributed by atoms with Crippen LogP contribution < -0.4 is 10.6 Å². The molecule has 0 radical (unpaired) electrons. The predicted molar refractivity (Wildman–Crippen MR) is 189 cm³/mol. The topological polar surface area (TPSA) is 52.7 Å². The summed E-state index contributed by atoms with van der Waals surface area (Å²) < 4.78 is 16.4. The quantitative estimate of drug-likeness (QED) is 0.182. The summed E-state index contributed by atoms with van der Waals surface area (Å²) in [6, 6.07) is 5.68. The van der Waals surface area contributed by atoms with Crippen molar-refractivity contribution in [2.75, 3.05) is 12.4 Å². The van der Waals surface area contributed by atoms with Crippen molar-refractivity contribution in [1.82, 2.24) is 15.3 Å². The SMILES string of the molecule is C=C/C=C(/c1ccsc1)c1nc(C(=C)c2c(NC)ccc(C(/C=C(\C=C)NC(=C)CC(C)(C)C)=C/C)c2F)[nH]c1C.CC. The maximum absolute atomic E-state index is 16.4. The van der Waals surface area contributed by atoms with Crippen LogP contribution in [0.2, 0.25) is 0 Å². The zero-order chi connectivity index (χ0) is 32.3. The van der Waals surface area contributed by atoms with Crippen LogP contribution in [0.1, 0.15) is 81.9 Å². The van der Waals surface area contributed by atoms with Crippen LogP contribution in [0.15, 0.2) is 97.0 Å². The second-order valence-corrected chi connectivity index (χ2v) is 11.8. The highest BCUT2D eigenvalue weighted by molar-refractivity contribution is 7.08. The average molecular weight is 599 g/mol. The Balaban J connectivity index is 0.00000316. The van der Waals surface area contributed by atoms with Gasteiger partial charge in [0.15, 0.2) is 0 Å². The van der Waals surface area contributed by atoms with Crippen molar-refractivity contribution < 1.29 is 4.39 Å². The smallest absolute Gasteiger partial charge is 0.141 e. The average Bonchev–Trinajstić information content (AvgIpc) is 3.64. The molecule has 0 aliphatic rings. The lowest BCUT2D eigenvalue weighted by molar-refractivity contribution is 0.403. The highest BCUT2D eigenvalue weighted by Gasteiger charge is 2.22. The highest BCUT2D eigenvalue weighted by atomic mass is 32.1. The molecular weight excluding hydrogens is 552 g/mol. The Hall–Kier alpha value is -4.16. The van der Waals surface area contributed by atoms with E-state index in [4.69, 9.17) is 4.98 Å². The molecule has 1 aromatic carbocycles. The third kappa shape index (κ3) is 8.91. The predicted octanol–water partition coefficient (Wildman–Crippen LogP) is 10.7. The van der Waals surface area contributed by atoms with Gasteiger partial charge in [0.2, 0.25) is 0 Å². The molecule has 228 valence electrons. The molecule has 0 aliphatic heterocycles. The van der Waals surface area contributed by atoms with Crippen LogP contribution in [0.4, 0.5) is 10.1 Å². The van der Waals surface area contributed by atoms with Crippen LogP contribution in [0.3, 0.4) is 0 Å². The normalized spacial score (nSPS) is 12.3. The van der Waals surface area contributed by atoms with E-state index in [0.717, 1.165) is 40.3 Å². The number of nitrogens with one attached hydrogen (secondary N) is 3. The minimum absolute atomic E-state index is 0.0835. The van der Waals surface area contributed by atoms with Gasteiger partial charge in [0.25, 0.3) is 0 Å². The van der Waals surface area contributed by atoms with Crippen LogP contribution in [0.25, 0.3) is 16.7 Å². The summed E-state index contributed by atoms with van der Waals surface area (Å²) in [6.07, 6.45) is 9.95. The van der Waals surface area contributed by atoms with Crippen LogP contribution in [0.5, 0.6) is 0 Å². The summed E-state index contributed by atoms with van der Waals surface area (Å²) in [6.45, 7) is 30.6. The summed E-state index contributed by atoms with van der Waals surface area (Å²) in [5.41, 5.74) is 7.89. The van der Waals surface area contributed by atoms with Gasteiger partial charge in [-0.2, -0.15) is 11.3 Å². The van der Waals surface area contributed by atoms with Crippen molar-refractivity contribution in [2.45, 2.75) is 54.9 Å². The number of halogens is 1. The van der Waals surface area contributed by atoms with Crippen LogP contribution in [0, 0.1) is 18.2 Å². The molecule has 0 aliphatic carbocycles. The van der Waals surface area contributed by atoms with Gasteiger partial charge in [-0.05, 0) is 77.9 Å². The lowest BCUT2D eigenvalue weighted by atomic mass is 9.91. The number of allylic oxidation sites excluding steroid dienone is 7. The molecule has 2 aromatic heterocycles. The first kappa shape index (κ1) is 35.0. The van der Waals surface area contributed by atoms with E-state index >= 15 is 4.39 Å². The molecule has 2 heterocycles. The van der Waals surface area contributed by atoms with Gasteiger partial charge in [-0.3, -0.25) is 0 Å². The Morgan fingerprint density at radius 1 is 1.14 bits per heavy atom. The zero-order valence-corrected chi connectivity index (χ0v) is 27.9. The van der Waals surface area contributed by atoms with E-state index in [9.17, 15) is 0 Å². The van der Waals surface area contributed by atoms with Crippen molar-refractivity contribution in [3.8, 4) is 0 Å². The van der Waals surface area contributed by atoms with Gasteiger partial charge in [-0.25, -0.2) is 9.37 Å². The number of H-pyrrole nitrogens is 1. The summed E-state index contributed by atoms with van der Waals surface area (Å²) in [5, 5.41) is 10.5. The van der Waals surface area contributed by atoms with Crippen LogP contribution in [-0.4, -0.2) is 17.0 Å². The number of aromatic nitrogens is 2. The van der Waals surface area contributed by atoms with Gasteiger partial charge >= 0.3 is 0 Å². The number of benzene rings is 1. The number of anilines is 1. The number of hydrogen-bond donors (Lipinski definition) is 3. The zero-order valence-electron chi connectivity index (χ0n) is 27.0. The summed E-state index contributed by atoms with van der Waals surface area (Å²) in [7, 11) is 1.77. The lowest BCUT2D eigenvalue weighted by Gasteiger charge is -2.21. The van der Waals surface area contributed by atoms with Gasteiger partial charge in [0.05, 0.1) is 5.69 Å². The van der Waals surface area contributed by atoms with E-state index in [-0.39, 0.29) is 5.41 Å². The minimum Gasteiger partial charge on any atom is -0.388 e. The Morgan fingerprint density at radius 3 is 2.37 bits per heavy atom. The molecular formula is C37H47FN4S. The van der Waals surface area contributed by atoms with Crippen LogP contribution in [-0.2, 0) is 0 Å². The fourth-order valence-corrected chi connectivity index (χ4v) is 5.31. The van der Waals surface area contributed by atoms with Gasteiger partial charge in [-0.15, -0.1) is 0 Å². The molecule has 0 spiro atoms. The Bertz CT molecular complexity index is 1540. The molecule has 3 rings (SSSR count). The Morgan fingerprint density at radius 2 is 1.84 bits per heavy atom. The molecule has 0 unspecified atom stereocenters. The molecule has 43 heavy (non-hydrogen) atoms. The number of imidazole rings is 1. The van der Waals surface area contributed by atoms with Crippen molar-refractivity contribution >= 4 is 33.7 Å². The first-order valence-corrected chi connectivity index (χ1v) is 15.5. The molecule has 4 nitrogen and oxygen atoms in total. The number of hydrogen-bond acceptors (Lipinski definition) is 4. The van der Waals surface area contributed by atoms with Gasteiger partial charge in [0, 0.05) is 52.1 Å². The van der Waals surface area contributed by atoms with Crippen LogP contribution >= 0.6 is 11.3 Å². The van der Waals surface area contributed by atoms with E-state index in [1.165, 1.54) is 0 Å². The van der Waals surface area contributed by atoms with Crippen molar-refractivity contribution in [2.24, 2.45) is 5.41 Å². The fourth-order valence-electron chi connectivity index (χ4n) is 4.65. The van der Waals surface area contributed by atoms with Crippen molar-refractivity contribution in [1.29, 1.82) is 0 Å². The molecule has 0 saturated carbocycles. The third-order valence-corrected chi connectivity index (χ3v) is 7.16. The summed E-state index contributed by atoms with van der Waals surface area (Å²) in [5.74, 6) is 0.109. The molecule has 0 atom stereocenters. The maximum atomic E-state index is 16.4. The number of rotatable bonds is 12. The van der Waals surface area contributed by atoms with E-state index in [0.29, 0.717) is 33.8 Å². The largest absolute Gasteiger partial charge is 0.388 e. The van der Waals surface area contributed by atoms with Gasteiger partial charge in [-0.1, -0.05) is 79.2 Å². The number of nitrogens with zero attached hydrogens (tertiary/aromatic N) is 1. The van der Waals surface area contributed by atoms with E-state index < -0.39 is 5.82 Å². The second-order valence-electron chi connectivity index (χ2n) is 11.0. The first-order chi connectivity index (χ1) is 20.4. The molecule has 3 N–H and O–H groups in total. The Labute approximate surface area is 262 Å². The molecule has 6 heteroatoms. The van der Waals surface area contributed by atoms with Crippen molar-refractivity contribution in [3.63, 3.8) is 0 Å². The monoisotopic (exact) mass is 598 g/mol.